The molecule has 5 N–H and O–H groups in total. The Morgan fingerprint density at radius 3 is 1.04 bits per heavy atom. The first-order valence-electron chi connectivity index (χ1n) is 44.4. The number of aryl methyl sites for hydroxylation is 3. The maximum absolute atomic E-state index is 13.6. The Morgan fingerprint density at radius 1 is 0.348 bits per heavy atom. The third-order valence-electron chi connectivity index (χ3n) is 22.7. The van der Waals surface area contributed by atoms with Crippen LogP contribution in [0.25, 0.3) is 0 Å². The third-order valence-corrected chi connectivity index (χ3v) is 28.7. The van der Waals surface area contributed by atoms with Gasteiger partial charge >= 0.3 is 57.6 Å². The number of ether oxygens (including phenoxy) is 3. The zero-order valence-electron chi connectivity index (χ0n) is 77.7. The van der Waals surface area contributed by atoms with E-state index in [0.717, 1.165) is 110 Å². The summed E-state index contributed by atoms with van der Waals surface area (Å²) in [5.41, 5.74) is 14.7. The summed E-state index contributed by atoms with van der Waals surface area (Å²) in [6, 6.07) is 80.6. The van der Waals surface area contributed by atoms with E-state index in [4.69, 9.17) is 18.4 Å². The molecule has 0 aliphatic heterocycles. The molecule has 0 fully saturated rings. The molecule has 0 amide bonds. The van der Waals surface area contributed by atoms with Gasteiger partial charge in [-0.1, -0.05) is 334 Å². The molecule has 0 heterocycles. The van der Waals surface area contributed by atoms with Crippen LogP contribution in [0, 0.1) is 20.8 Å². The second kappa shape index (κ2) is 55.7. The van der Waals surface area contributed by atoms with E-state index >= 15 is 0 Å². The fourth-order valence-corrected chi connectivity index (χ4v) is 20.8. The Labute approximate surface area is 832 Å². The van der Waals surface area contributed by atoms with E-state index in [9.17, 15) is 46.8 Å². The zero-order chi connectivity index (χ0) is 92.8. The SMILES string of the molecule is CC1=CCC(COCCN[C@H](c2ccccc2)[C@H](NS(=O)(=O)c2ccccc2C)c2ccccc2)=CC1.CC1=CCC(COCCN[C@H](c2ccccc2)[C@H](NS(=O)(=O)c2ccccc2C)c2ccccc2)=CC1.CC1=CCC(COCCOS(=O)(=O)c2ccc(C)cc2)=CC1.CCCCCC[C@H](c1ccccc1)[C@H](NS(=O)(=O)c1ccccc1C(F)(F)F)c1ccccc1.Cl.[H-].[K+]. The second-order valence-corrected chi connectivity index (χ2v) is 39.5. The number of hydrogen-bond acceptors (Lipinski definition) is 14. The predicted octanol–water partition coefficient (Wildman–Crippen LogP) is 20.5. The van der Waals surface area contributed by atoms with E-state index in [1.165, 1.54) is 45.6 Å². The summed E-state index contributed by atoms with van der Waals surface area (Å²) in [5.74, 6) is -0.242. The van der Waals surface area contributed by atoms with E-state index in [-0.39, 0.29) is 111 Å². The summed E-state index contributed by atoms with van der Waals surface area (Å²) in [6.07, 6.45) is 19.1. The average Bonchev–Trinajstić information content (AvgIpc) is 0.772. The molecule has 10 aromatic rings. The van der Waals surface area contributed by atoms with Gasteiger partial charge in [0.05, 0.1) is 102 Å². The molecule has 0 spiro atoms. The Balaban J connectivity index is 0.000000244. The van der Waals surface area contributed by atoms with Gasteiger partial charge in [-0.25, -0.2) is 39.4 Å². The van der Waals surface area contributed by atoms with Gasteiger partial charge in [-0.3, -0.25) is 4.18 Å². The Hall–Kier alpha value is -8.20. The largest absolute Gasteiger partial charge is 1.00 e. The van der Waals surface area contributed by atoms with Gasteiger partial charge in [0.1, 0.15) is 0 Å². The van der Waals surface area contributed by atoms with Gasteiger partial charge in [0.2, 0.25) is 30.1 Å². The first-order chi connectivity index (χ1) is 62.6. The van der Waals surface area contributed by atoms with Crippen LogP contribution >= 0.6 is 12.4 Å². The Bertz CT molecular complexity index is 5670. The minimum absolute atomic E-state index is 0. The fraction of sp³-hybridized carbons (Fsp3) is 0.321. The number of sulfonamides is 3. The molecule has 0 aromatic heterocycles. The summed E-state index contributed by atoms with van der Waals surface area (Å²) < 4.78 is 177. The number of rotatable bonds is 42. The van der Waals surface area contributed by atoms with Crippen LogP contribution in [-0.4, -0.2) is 93.0 Å². The molecule has 700 valence electrons. The van der Waals surface area contributed by atoms with Crippen molar-refractivity contribution in [2.75, 3.05) is 59.3 Å². The van der Waals surface area contributed by atoms with Crippen LogP contribution in [0.2, 0.25) is 0 Å². The molecule has 0 saturated heterocycles. The van der Waals surface area contributed by atoms with E-state index in [2.05, 4.69) is 89.0 Å². The number of benzene rings is 10. The summed E-state index contributed by atoms with van der Waals surface area (Å²) in [4.78, 5) is -0.0119. The summed E-state index contributed by atoms with van der Waals surface area (Å²) >= 11 is 0. The van der Waals surface area contributed by atoms with Crippen molar-refractivity contribution in [2.45, 2.75) is 181 Å². The quantitative estimate of drug-likeness (QED) is 0.0104. The van der Waals surface area contributed by atoms with Crippen molar-refractivity contribution in [3.63, 3.8) is 0 Å². The van der Waals surface area contributed by atoms with Crippen molar-refractivity contribution in [1.29, 1.82) is 0 Å². The molecule has 17 nitrogen and oxygen atoms in total. The zero-order valence-corrected chi connectivity index (χ0v) is 83.9. The summed E-state index contributed by atoms with van der Waals surface area (Å²) in [7, 11) is -15.7. The predicted molar refractivity (Wildman–Crippen MR) is 523 cm³/mol. The molecule has 0 bridgehead atoms. The van der Waals surface area contributed by atoms with Crippen molar-refractivity contribution in [2.24, 2.45) is 0 Å². The number of nitrogens with one attached hydrogen (secondary N) is 5. The van der Waals surface area contributed by atoms with Crippen LogP contribution in [0.4, 0.5) is 13.2 Å². The van der Waals surface area contributed by atoms with Crippen LogP contribution < -0.4 is 76.2 Å². The molecule has 26 heteroatoms. The number of hydrogen-bond donors (Lipinski definition) is 5. The maximum atomic E-state index is 13.6. The van der Waals surface area contributed by atoms with Crippen molar-refractivity contribution in [1.82, 2.24) is 24.8 Å². The molecule has 10 aromatic carbocycles. The van der Waals surface area contributed by atoms with Gasteiger partial charge in [-0.15, -0.1) is 12.4 Å². The van der Waals surface area contributed by atoms with Gasteiger partial charge in [0.25, 0.3) is 10.1 Å². The standard InChI is InChI=1S/2C31H36N2O3S.C27H30F3NO2S.C17H22O4S.ClH.K.H/c2*1-24-17-19-26(20-18-24)23-36-22-21-32-30(27-12-5-3-6-13-27)31(28-14-7-4-8-15-28)33-37(34,35)29-16-10-9-11-25(29)2;1-2-3-4-11-18-23(21-14-7-5-8-15-21)26(22-16-9-6-10-17-22)31-34(32,33)25-20-13-12-19-24(25)27(28,29)30;1-14-3-7-16(8-4-14)13-20-11-12-21-22(18,19)17-9-5-15(2)6-10-17;;;/h2*3-17,20,30-33H,18-19,21-23H2,1-2H3;5-10,12-17,19-20,23,26,31H,2-4,11,18H2,1H3;3,5-6,8-10H,4,7,11-13H2,1-2H3;1H;;/q;;;;;+1;-1/t2*30-,31-;23-,26-;;;;/m111..../s1. The second-order valence-electron chi connectivity index (χ2n) is 32.8. The monoisotopic (exact) mass is 1920 g/mol. The molecule has 0 saturated carbocycles. The first-order valence-corrected chi connectivity index (χ1v) is 50.3. The number of halogens is 4. The first kappa shape index (κ1) is 109. The van der Waals surface area contributed by atoms with Gasteiger partial charge in [-0.05, 0) is 184 Å². The van der Waals surface area contributed by atoms with E-state index in [1.807, 2.05) is 215 Å². The van der Waals surface area contributed by atoms with Crippen molar-refractivity contribution in [3.8, 4) is 0 Å². The minimum Gasteiger partial charge on any atom is -1.00 e. The van der Waals surface area contributed by atoms with Crippen LogP contribution in [-0.2, 0) is 64.8 Å². The van der Waals surface area contributed by atoms with Crippen molar-refractivity contribution < 1.29 is 118 Å². The van der Waals surface area contributed by atoms with E-state index in [0.29, 0.717) is 69.2 Å². The molecular formula is C106H126ClF3KN5O12S4. The molecular weight excluding hydrogens is 1800 g/mol. The summed E-state index contributed by atoms with van der Waals surface area (Å²) in [5, 5.41) is 7.17. The summed E-state index contributed by atoms with van der Waals surface area (Å²) in [6.45, 7) is 18.3. The molecule has 3 aliphatic rings. The normalized spacial score (nSPS) is 14.9. The molecule has 0 unspecified atom stereocenters. The van der Waals surface area contributed by atoms with Crippen LogP contribution in [0.5, 0.6) is 0 Å². The van der Waals surface area contributed by atoms with Crippen LogP contribution in [0.3, 0.4) is 0 Å². The van der Waals surface area contributed by atoms with Crippen molar-refractivity contribution in [3.05, 3.63) is 405 Å². The van der Waals surface area contributed by atoms with Crippen molar-refractivity contribution >= 4 is 52.6 Å². The van der Waals surface area contributed by atoms with E-state index < -0.39 is 74.9 Å². The minimum atomic E-state index is -4.79. The fourth-order valence-electron chi connectivity index (χ4n) is 15.4. The number of allylic oxidation sites excluding steroid dienone is 9. The topological polar surface area (TPSA) is 234 Å². The molecule has 13 rings (SSSR count). The van der Waals surface area contributed by atoms with Crippen LogP contribution in [0.1, 0.15) is 192 Å². The molecule has 6 atom stereocenters. The smallest absolute Gasteiger partial charge is 1.00 e. The Kier molecular flexibility index (Phi) is 46.1. The Morgan fingerprint density at radius 2 is 0.674 bits per heavy atom. The van der Waals surface area contributed by atoms with Gasteiger partial charge in [0.15, 0.2) is 0 Å². The third kappa shape index (κ3) is 35.2. The number of unbranched alkanes of at least 4 members (excludes halogenated alkanes) is 3. The maximum Gasteiger partial charge on any atom is 1.00 e. The van der Waals surface area contributed by atoms with Gasteiger partial charge in [0, 0.05) is 19.0 Å². The molecule has 0 radical (unpaired) electrons. The number of alkyl halides is 3. The van der Waals surface area contributed by atoms with E-state index in [1.54, 1.807) is 60.7 Å². The molecule has 132 heavy (non-hydrogen) atoms. The van der Waals surface area contributed by atoms with Gasteiger partial charge in [-0.2, -0.15) is 21.6 Å². The molecule has 3 aliphatic carbocycles. The average molecular weight is 1920 g/mol. The van der Waals surface area contributed by atoms with Crippen LogP contribution in [0.15, 0.2) is 369 Å². The van der Waals surface area contributed by atoms with Gasteiger partial charge < -0.3 is 26.3 Å².